The smallest absolute Gasteiger partial charge is 0.332 e. The summed E-state index contributed by atoms with van der Waals surface area (Å²) in [5.41, 5.74) is 2.84. The highest BCUT2D eigenvalue weighted by molar-refractivity contribution is 6.22. The molecule has 0 atom stereocenters. The third-order valence-corrected chi connectivity index (χ3v) is 5.78. The molecule has 0 spiro atoms. The molecule has 3 aromatic rings. The van der Waals surface area contributed by atoms with E-state index >= 15 is 0 Å². The van der Waals surface area contributed by atoms with E-state index in [9.17, 15) is 9.59 Å². The minimum atomic E-state index is -0.980. The molecule has 0 unspecified atom stereocenters. The third-order valence-electron chi connectivity index (χ3n) is 5.78. The number of carbonyl (C=O) groups excluding carboxylic acids is 2. The quantitative estimate of drug-likeness (QED) is 0.505. The summed E-state index contributed by atoms with van der Waals surface area (Å²) < 4.78 is 5.45. The number of anilines is 1. The van der Waals surface area contributed by atoms with E-state index in [-0.39, 0.29) is 11.9 Å². The molecule has 1 aliphatic rings. The summed E-state index contributed by atoms with van der Waals surface area (Å²) in [6.07, 6.45) is 2.31. The Morgan fingerprint density at radius 1 is 0.938 bits per heavy atom. The first kappa shape index (κ1) is 21.6. The van der Waals surface area contributed by atoms with Crippen molar-refractivity contribution in [2.24, 2.45) is 0 Å². The van der Waals surface area contributed by atoms with Crippen LogP contribution in [-0.2, 0) is 17.8 Å². The van der Waals surface area contributed by atoms with Gasteiger partial charge in [-0.05, 0) is 49.9 Å². The predicted octanol–water partition coefficient (Wildman–Crippen LogP) is 4.82. The topological polar surface area (TPSA) is 62.7 Å². The number of hydrogen-bond acceptors (Lipinski definition) is 4. The van der Waals surface area contributed by atoms with E-state index in [0.29, 0.717) is 24.7 Å². The van der Waals surface area contributed by atoms with Crippen molar-refractivity contribution in [1.29, 1.82) is 0 Å². The summed E-state index contributed by atoms with van der Waals surface area (Å²) >= 11 is 0. The first-order valence-electron chi connectivity index (χ1n) is 10.8. The van der Waals surface area contributed by atoms with Crippen LogP contribution < -0.4 is 9.64 Å². The highest BCUT2D eigenvalue weighted by Crippen LogP contribution is 2.34. The Hall–Kier alpha value is -3.67. The fraction of sp³-hybridized carbons (Fsp3) is 0.269. The zero-order valence-electron chi connectivity index (χ0n) is 18.6. The van der Waals surface area contributed by atoms with Crippen LogP contribution in [0.4, 0.5) is 10.5 Å². The lowest BCUT2D eigenvalue weighted by atomic mass is 9.97. The standard InChI is InChI=1S/C26H27N3O3/c1-4-32-23-17-22(14-15-27-23)29-24(30)26(2,3)28(25(29)31)18-21-13-9-8-12-20(21)16-19-10-6-5-7-11-19/h5-15,17H,4,16,18H2,1-3H3. The fourth-order valence-corrected chi connectivity index (χ4v) is 3.96. The molecule has 32 heavy (non-hydrogen) atoms. The Kier molecular flexibility index (Phi) is 5.95. The lowest BCUT2D eigenvalue weighted by molar-refractivity contribution is -0.123. The summed E-state index contributed by atoms with van der Waals surface area (Å²) in [7, 11) is 0. The van der Waals surface area contributed by atoms with Gasteiger partial charge in [0.2, 0.25) is 5.88 Å². The maximum atomic E-state index is 13.4. The zero-order chi connectivity index (χ0) is 22.7. The van der Waals surface area contributed by atoms with Crippen molar-refractivity contribution in [1.82, 2.24) is 9.88 Å². The van der Waals surface area contributed by atoms with Crippen molar-refractivity contribution in [3.63, 3.8) is 0 Å². The van der Waals surface area contributed by atoms with Crippen LogP contribution in [-0.4, -0.2) is 34.0 Å². The number of imide groups is 1. The number of rotatable bonds is 7. The minimum absolute atomic E-state index is 0.267. The molecule has 164 valence electrons. The summed E-state index contributed by atoms with van der Waals surface area (Å²) in [5.74, 6) is 0.117. The highest BCUT2D eigenvalue weighted by atomic mass is 16.5. The lowest BCUT2D eigenvalue weighted by Crippen LogP contribution is -2.43. The number of amides is 3. The van der Waals surface area contributed by atoms with E-state index in [4.69, 9.17) is 4.74 Å². The number of nitrogens with zero attached hydrogens (tertiary/aromatic N) is 3. The molecule has 0 saturated carbocycles. The second-order valence-electron chi connectivity index (χ2n) is 8.28. The third kappa shape index (κ3) is 4.08. The zero-order valence-corrected chi connectivity index (χ0v) is 18.6. The van der Waals surface area contributed by atoms with Crippen LogP contribution in [0.5, 0.6) is 5.88 Å². The average Bonchev–Trinajstić information content (AvgIpc) is 2.95. The molecule has 1 aliphatic heterocycles. The Morgan fingerprint density at radius 3 is 2.34 bits per heavy atom. The van der Waals surface area contributed by atoms with E-state index in [2.05, 4.69) is 23.2 Å². The Balaban J connectivity index is 1.63. The molecule has 0 N–H and O–H groups in total. The van der Waals surface area contributed by atoms with Gasteiger partial charge in [0, 0.05) is 18.8 Å². The first-order valence-corrected chi connectivity index (χ1v) is 10.8. The van der Waals surface area contributed by atoms with Crippen molar-refractivity contribution in [2.45, 2.75) is 39.3 Å². The summed E-state index contributed by atoms with van der Waals surface area (Å²) in [5, 5.41) is 0. The number of benzene rings is 2. The molecule has 0 radical (unpaired) electrons. The van der Waals surface area contributed by atoms with E-state index < -0.39 is 5.54 Å². The van der Waals surface area contributed by atoms with Gasteiger partial charge in [-0.15, -0.1) is 0 Å². The van der Waals surface area contributed by atoms with Crippen LogP contribution >= 0.6 is 0 Å². The van der Waals surface area contributed by atoms with Crippen LogP contribution in [0.15, 0.2) is 72.9 Å². The fourth-order valence-electron chi connectivity index (χ4n) is 3.96. The van der Waals surface area contributed by atoms with Gasteiger partial charge in [-0.1, -0.05) is 54.6 Å². The van der Waals surface area contributed by atoms with Gasteiger partial charge >= 0.3 is 6.03 Å². The van der Waals surface area contributed by atoms with E-state index in [0.717, 1.165) is 17.5 Å². The number of carbonyl (C=O) groups is 2. The molecule has 0 bridgehead atoms. The second-order valence-corrected chi connectivity index (χ2v) is 8.28. The van der Waals surface area contributed by atoms with Crippen LogP contribution in [0.25, 0.3) is 0 Å². The van der Waals surface area contributed by atoms with Crippen LogP contribution in [0, 0.1) is 0 Å². The molecule has 2 heterocycles. The maximum absolute atomic E-state index is 13.4. The SMILES string of the molecule is CCOc1cc(N2C(=O)N(Cc3ccccc3Cc3ccccc3)C(C)(C)C2=O)ccn1. The van der Waals surface area contributed by atoms with Crippen molar-refractivity contribution in [3.8, 4) is 5.88 Å². The summed E-state index contributed by atoms with van der Waals surface area (Å²) in [6.45, 7) is 6.24. The van der Waals surface area contributed by atoms with Crippen molar-refractivity contribution in [3.05, 3.63) is 89.6 Å². The summed E-state index contributed by atoms with van der Waals surface area (Å²) in [6, 6.07) is 21.2. The number of urea groups is 1. The van der Waals surface area contributed by atoms with Crippen molar-refractivity contribution in [2.75, 3.05) is 11.5 Å². The minimum Gasteiger partial charge on any atom is -0.478 e. The number of hydrogen-bond donors (Lipinski definition) is 0. The van der Waals surface area contributed by atoms with Crippen LogP contribution in [0.1, 0.15) is 37.5 Å². The Bertz CT molecular complexity index is 1130. The first-order chi connectivity index (χ1) is 15.4. The maximum Gasteiger partial charge on any atom is 0.332 e. The molecule has 2 aromatic carbocycles. The normalized spacial score (nSPS) is 15.3. The molecule has 1 aromatic heterocycles. The van der Waals surface area contributed by atoms with Gasteiger partial charge in [0.05, 0.1) is 12.3 Å². The largest absolute Gasteiger partial charge is 0.478 e. The number of aromatic nitrogens is 1. The van der Waals surface area contributed by atoms with E-state index in [1.807, 2.05) is 43.3 Å². The molecule has 4 rings (SSSR count). The molecule has 6 heteroatoms. The van der Waals surface area contributed by atoms with Gasteiger partial charge in [-0.2, -0.15) is 0 Å². The van der Waals surface area contributed by atoms with Crippen LogP contribution in [0.2, 0.25) is 0 Å². The van der Waals surface area contributed by atoms with Gasteiger partial charge in [0.15, 0.2) is 0 Å². The molecule has 1 fully saturated rings. The summed E-state index contributed by atoms with van der Waals surface area (Å²) in [4.78, 5) is 33.7. The van der Waals surface area contributed by atoms with Gasteiger partial charge in [0.25, 0.3) is 5.91 Å². The molecule has 1 saturated heterocycles. The van der Waals surface area contributed by atoms with Crippen LogP contribution in [0.3, 0.4) is 0 Å². The Labute approximate surface area is 188 Å². The monoisotopic (exact) mass is 429 g/mol. The highest BCUT2D eigenvalue weighted by Gasteiger charge is 2.51. The molecular formula is C26H27N3O3. The number of ether oxygens (including phenoxy) is 1. The molecule has 0 aliphatic carbocycles. The lowest BCUT2D eigenvalue weighted by Gasteiger charge is -2.28. The van der Waals surface area contributed by atoms with Crippen molar-refractivity contribution < 1.29 is 14.3 Å². The van der Waals surface area contributed by atoms with Gasteiger partial charge < -0.3 is 9.64 Å². The predicted molar refractivity (Wildman–Crippen MR) is 124 cm³/mol. The Morgan fingerprint density at radius 2 is 1.62 bits per heavy atom. The van der Waals surface area contributed by atoms with E-state index in [1.54, 1.807) is 37.1 Å². The van der Waals surface area contributed by atoms with Gasteiger partial charge in [0.1, 0.15) is 5.54 Å². The molecule has 6 nitrogen and oxygen atoms in total. The van der Waals surface area contributed by atoms with Gasteiger partial charge in [-0.3, -0.25) is 4.79 Å². The van der Waals surface area contributed by atoms with Crippen molar-refractivity contribution >= 4 is 17.6 Å². The number of pyridine rings is 1. The molecule has 3 amide bonds. The second kappa shape index (κ2) is 8.83. The van der Waals surface area contributed by atoms with E-state index in [1.165, 1.54) is 10.5 Å². The molecular weight excluding hydrogens is 402 g/mol. The van der Waals surface area contributed by atoms with Gasteiger partial charge in [-0.25, -0.2) is 14.7 Å². The average molecular weight is 430 g/mol.